The normalized spacial score (nSPS) is 10.5. The van der Waals surface area contributed by atoms with E-state index in [0.29, 0.717) is 75.9 Å². The molecule has 12 N–H and O–H groups in total. The number of nitrogens with one attached hydrogen (secondary N) is 6. The molecule has 624 valence electrons. The van der Waals surface area contributed by atoms with Gasteiger partial charge in [0.2, 0.25) is 0 Å². The van der Waals surface area contributed by atoms with Crippen molar-refractivity contribution in [3.05, 3.63) is 23.3 Å². The molecule has 0 amide bonds. The minimum atomic E-state index is -0.998. The molecular formula is C72H156N18Na3O13Y2-3. The molecule has 0 bridgehead atoms. The quantitative estimate of drug-likeness (QED) is 0.00700. The average molecular weight is 1730 g/mol. The summed E-state index contributed by atoms with van der Waals surface area (Å²) < 4.78 is 13.5. The summed E-state index contributed by atoms with van der Waals surface area (Å²) in [6, 6.07) is 2.07. The molecule has 0 fully saturated rings. The van der Waals surface area contributed by atoms with Crippen LogP contribution in [-0.2, 0) is 113 Å². The Morgan fingerprint density at radius 1 is 0.417 bits per heavy atom. The number of carbonyl (C=O) groups excluding carboxylic acids is 7. The van der Waals surface area contributed by atoms with E-state index < -0.39 is 11.9 Å². The summed E-state index contributed by atoms with van der Waals surface area (Å²) in [4.78, 5) is 92.5. The van der Waals surface area contributed by atoms with E-state index in [1.165, 1.54) is 21.3 Å². The third kappa shape index (κ3) is 111. The molecule has 31 nitrogen and oxygen atoms in total. The molecule has 0 aliphatic carbocycles. The Morgan fingerprint density at radius 2 is 0.667 bits per heavy atom. The number of likely N-dealkylation sites (N-methyl/N-ethyl adjacent to an activating group) is 4. The van der Waals surface area contributed by atoms with Gasteiger partial charge in [0.05, 0.1) is 34.2 Å². The molecule has 0 spiro atoms. The van der Waals surface area contributed by atoms with Gasteiger partial charge < -0.3 is 123 Å². The van der Waals surface area contributed by atoms with Crippen LogP contribution in [0.1, 0.15) is 122 Å². The van der Waals surface area contributed by atoms with Gasteiger partial charge in [-0.1, -0.05) is 20.4 Å². The van der Waals surface area contributed by atoms with Crippen molar-refractivity contribution in [2.45, 2.75) is 146 Å². The molecule has 0 aliphatic rings. The summed E-state index contributed by atoms with van der Waals surface area (Å²) >= 11 is 0. The molecule has 0 saturated heterocycles. The number of hydrogen-bond donors (Lipinski definition) is 8. The van der Waals surface area contributed by atoms with Crippen molar-refractivity contribution in [1.82, 2.24) is 71.1 Å². The molecule has 0 saturated carbocycles. The third-order valence-corrected chi connectivity index (χ3v) is 15.5. The maximum atomic E-state index is 11.1. The van der Waals surface area contributed by atoms with Crippen LogP contribution in [0.25, 0.3) is 10.6 Å². The van der Waals surface area contributed by atoms with Crippen molar-refractivity contribution in [1.29, 1.82) is 0 Å². The molecule has 36 heteroatoms. The van der Waals surface area contributed by atoms with Crippen molar-refractivity contribution in [3.63, 3.8) is 0 Å². The fourth-order valence-corrected chi connectivity index (χ4v) is 8.84. The van der Waals surface area contributed by atoms with Gasteiger partial charge in [0.15, 0.2) is 0 Å². The summed E-state index contributed by atoms with van der Waals surface area (Å²) in [6.45, 7) is 57.4. The molecule has 2 radical (unpaired) electrons. The second-order valence-electron chi connectivity index (χ2n) is 25.5. The van der Waals surface area contributed by atoms with Crippen molar-refractivity contribution in [2.24, 2.45) is 11.5 Å². The van der Waals surface area contributed by atoms with Crippen molar-refractivity contribution < 1.29 is 218 Å². The summed E-state index contributed by atoms with van der Waals surface area (Å²) in [6.07, 6.45) is 5.55. The van der Waals surface area contributed by atoms with E-state index in [9.17, 15) is 38.7 Å². The molecular weight excluding hydrogens is 1570 g/mol. The smallest absolute Gasteiger partial charge is 0.870 e. The molecule has 0 atom stereocenters. The summed E-state index contributed by atoms with van der Waals surface area (Å²) in [7, 11) is 12.1. The summed E-state index contributed by atoms with van der Waals surface area (Å²) in [5.74, 6) is -1.31. The molecule has 0 aromatic carbocycles. The van der Waals surface area contributed by atoms with Crippen LogP contribution in [0, 0.1) is 0 Å². The standard InChI is InChI=1S/2C20H42N5O3.C19H40N5O3.C7H19N3.C4H6O2.C2H6.3Na.2H2O.2Y/c2*1-18(2)25(16-12-22-10-9-21-8-6-19(3)26)17-13-23-11-15-24(4)14-7-20(27)28-5;1-18(2)24(15-9-20-7-13-22(3)11-5-17-25)16-10-21-8-14-23(4)12-6-19(26)27;1-7(2)10(5-3-8)6-4-9;1-3-4(5)6-2;1-2;;;;;;;/h2*18,22-23H,6-17H2,1-5H3;18,20-21H,5-16H2,1-4H3,(H,26,27);7H,3-6,8-9H2,1-2H3;3H,1H2,2H3;1-2H3;;;;2*1H2;;/q3*-1;;;;3*+1;;;;/p-3. The number of carboxylic acid groups (broad SMARTS) is 1. The number of methoxy groups -OCH3 is 3. The number of ketones is 2. The first-order valence-electron chi connectivity index (χ1n) is 37.1. The fraction of sp³-hybridized carbons (Fsp3) is 0.875. The van der Waals surface area contributed by atoms with Crippen LogP contribution < -0.4 is 137 Å². The predicted molar refractivity (Wildman–Crippen MR) is 420 cm³/mol. The van der Waals surface area contributed by atoms with E-state index in [2.05, 4.69) is 153 Å². The number of rotatable bonds is 63. The average Bonchev–Trinajstić information content (AvgIpc) is 0.975. The Morgan fingerprint density at radius 3 is 0.880 bits per heavy atom. The molecule has 0 aromatic heterocycles. The predicted octanol–water partition coefficient (Wildman–Crippen LogP) is -8.53. The first-order valence-corrected chi connectivity index (χ1v) is 37.1. The third-order valence-electron chi connectivity index (χ3n) is 15.5. The van der Waals surface area contributed by atoms with Crippen molar-refractivity contribution in [3.8, 4) is 0 Å². The van der Waals surface area contributed by atoms with E-state index in [1.807, 2.05) is 53.2 Å². The van der Waals surface area contributed by atoms with E-state index in [1.54, 1.807) is 13.8 Å². The van der Waals surface area contributed by atoms with Gasteiger partial charge in [-0.25, -0.2) is 4.79 Å². The Hall–Kier alpha value is 1.04. The number of aliphatic carboxylic acids is 1. The zero-order chi connectivity index (χ0) is 77.9. The Balaban J connectivity index is -0.0000000990. The van der Waals surface area contributed by atoms with Crippen LogP contribution in [0.5, 0.6) is 0 Å². The van der Waals surface area contributed by atoms with Crippen LogP contribution in [0.2, 0.25) is 0 Å². The van der Waals surface area contributed by atoms with Crippen LogP contribution in [-0.4, -0.2) is 388 Å². The molecule has 0 rings (SSSR count). The first-order chi connectivity index (χ1) is 48.1. The number of carboxylic acids is 1. The number of hydrogen-bond acceptors (Lipinski definition) is 29. The second kappa shape index (κ2) is 106. The van der Waals surface area contributed by atoms with Gasteiger partial charge in [0.1, 0.15) is 11.6 Å². The van der Waals surface area contributed by atoms with E-state index in [4.69, 9.17) is 11.5 Å². The van der Waals surface area contributed by atoms with Crippen molar-refractivity contribution >= 4 is 41.7 Å². The van der Waals surface area contributed by atoms with Crippen LogP contribution in [0.3, 0.4) is 0 Å². The molecule has 0 unspecified atom stereocenters. The monoisotopic (exact) mass is 1730 g/mol. The van der Waals surface area contributed by atoms with E-state index in [0.717, 1.165) is 209 Å². The fourth-order valence-electron chi connectivity index (χ4n) is 8.84. The Kier molecular flexibility index (Phi) is 135. The van der Waals surface area contributed by atoms with Gasteiger partial charge >= 0.3 is 107 Å². The van der Waals surface area contributed by atoms with E-state index >= 15 is 0 Å². The number of nitrogens with zero attached hydrogens (tertiary/aromatic N) is 10. The molecule has 0 heterocycles. The van der Waals surface area contributed by atoms with Crippen molar-refractivity contribution in [2.75, 3.05) is 272 Å². The van der Waals surface area contributed by atoms with Gasteiger partial charge in [0.25, 0.3) is 0 Å². The topological polar surface area (TPSA) is 409 Å². The Labute approximate surface area is 774 Å². The SMILES string of the molecule is C=CC(=O)OC.CC.CC(C)N(CCN)CCN.CC(C)N(CCNCCN(C)CC[C-]=O)CCNCCN(C)CCC(=O)[O-].COC(=O)CCN(C)CCNCCN(CCNCC[N-]CCC(C)=O)C(C)C.COC(=O)CCN(C)CCNCCN(CCNCC[N-]CCC(C)=O)C(C)C.[Na+].[Na+].[Na+].[OH-].[OH-].[Y].[Y]. The Bertz CT molecular complexity index is 1850. The molecule has 108 heavy (non-hydrogen) atoms. The summed E-state index contributed by atoms with van der Waals surface area (Å²) in [5, 5.41) is 39.8. The second-order valence-corrected chi connectivity index (χ2v) is 25.5. The minimum Gasteiger partial charge on any atom is -0.870 e. The van der Waals surface area contributed by atoms with Gasteiger partial charge in [-0.05, 0) is 136 Å². The van der Waals surface area contributed by atoms with Gasteiger partial charge in [-0.3, -0.25) is 35.5 Å². The number of ether oxygens (including phenoxy) is 3. The first kappa shape index (κ1) is 138. The maximum Gasteiger partial charge on any atom is 1.00 e. The number of Topliss-reactive ketones (excluding diaryl/α,β-unsaturated/α-hetero) is 2. The largest absolute Gasteiger partial charge is 1.00 e. The van der Waals surface area contributed by atoms with E-state index in [-0.39, 0.29) is 195 Å². The zero-order valence-corrected chi connectivity index (χ0v) is 84.2. The molecule has 0 aromatic rings. The van der Waals surface area contributed by atoms with Gasteiger partial charge in [-0.15, -0.1) is 32.6 Å². The zero-order valence-electron chi connectivity index (χ0n) is 72.5. The maximum absolute atomic E-state index is 11.1. The number of esters is 3. The van der Waals surface area contributed by atoms with Crippen LogP contribution in [0.4, 0.5) is 0 Å². The minimum absolute atomic E-state index is 0. The number of nitrogens with two attached hydrogens (primary N) is 2. The van der Waals surface area contributed by atoms with Gasteiger partial charge in [0, 0.05) is 278 Å². The van der Waals surface area contributed by atoms with Crippen LogP contribution in [0.15, 0.2) is 12.7 Å². The van der Waals surface area contributed by atoms with Crippen LogP contribution >= 0.6 is 0 Å². The molecule has 0 aliphatic heterocycles. The number of carbonyl (C=O) groups is 6. The summed E-state index contributed by atoms with van der Waals surface area (Å²) in [5.41, 5.74) is 10.8. The van der Waals surface area contributed by atoms with Gasteiger partial charge in [-0.2, -0.15) is 0 Å².